The lowest BCUT2D eigenvalue weighted by Crippen LogP contribution is -2.46. The molecule has 2 rings (SSSR count). The summed E-state index contributed by atoms with van der Waals surface area (Å²) >= 11 is 0. The van der Waals surface area contributed by atoms with Crippen LogP contribution in [0.15, 0.2) is 23.3 Å². The van der Waals surface area contributed by atoms with E-state index < -0.39 is 17.9 Å². The summed E-state index contributed by atoms with van der Waals surface area (Å²) in [5.41, 5.74) is 2.65. The van der Waals surface area contributed by atoms with E-state index in [9.17, 15) is 14.4 Å². The van der Waals surface area contributed by atoms with Crippen LogP contribution in [-0.2, 0) is 14.4 Å². The Labute approximate surface area is 140 Å². The summed E-state index contributed by atoms with van der Waals surface area (Å²) in [7, 11) is 0. The molecule has 2 N–H and O–H groups in total. The molecule has 7 heteroatoms. The van der Waals surface area contributed by atoms with Crippen molar-refractivity contribution in [3.63, 3.8) is 0 Å². The van der Waals surface area contributed by atoms with Crippen LogP contribution in [0.4, 0.5) is 5.69 Å². The number of carboxylic acid groups (broad SMARTS) is 1. The average molecular weight is 331 g/mol. The van der Waals surface area contributed by atoms with Gasteiger partial charge < -0.3 is 10.4 Å². The van der Waals surface area contributed by atoms with E-state index in [-0.39, 0.29) is 30.9 Å². The second-order valence-electron chi connectivity index (χ2n) is 5.81. The fourth-order valence-corrected chi connectivity index (χ4v) is 2.43. The molecule has 24 heavy (non-hydrogen) atoms. The second-order valence-corrected chi connectivity index (χ2v) is 5.81. The summed E-state index contributed by atoms with van der Waals surface area (Å²) in [4.78, 5) is 35.5. The Morgan fingerprint density at radius 3 is 2.67 bits per heavy atom. The highest BCUT2D eigenvalue weighted by atomic mass is 16.4. The van der Waals surface area contributed by atoms with Gasteiger partial charge in [0.2, 0.25) is 5.91 Å². The van der Waals surface area contributed by atoms with Crippen molar-refractivity contribution >= 4 is 29.2 Å². The van der Waals surface area contributed by atoms with E-state index >= 15 is 0 Å². The number of aliphatic carboxylic acids is 1. The molecule has 0 bridgehead atoms. The van der Waals surface area contributed by atoms with E-state index in [1.807, 2.05) is 32.0 Å². The van der Waals surface area contributed by atoms with Gasteiger partial charge in [-0.05, 0) is 37.5 Å². The lowest BCUT2D eigenvalue weighted by Gasteiger charge is -2.25. The first-order chi connectivity index (χ1) is 11.3. The number of benzene rings is 1. The maximum Gasteiger partial charge on any atom is 0.326 e. The summed E-state index contributed by atoms with van der Waals surface area (Å²) in [6, 6.07) is 4.69. The minimum absolute atomic E-state index is 0.156. The van der Waals surface area contributed by atoms with Gasteiger partial charge in [-0.1, -0.05) is 19.1 Å². The summed E-state index contributed by atoms with van der Waals surface area (Å²) in [6.45, 7) is 5.45. The van der Waals surface area contributed by atoms with Crippen molar-refractivity contribution in [2.75, 3.05) is 5.01 Å². The smallest absolute Gasteiger partial charge is 0.326 e. The third-order valence-corrected chi connectivity index (χ3v) is 3.90. The number of carbonyl (C=O) groups excluding carboxylic acids is 2. The zero-order valence-electron chi connectivity index (χ0n) is 14.0. The molecule has 0 aromatic heterocycles. The van der Waals surface area contributed by atoms with E-state index in [0.717, 1.165) is 11.1 Å². The predicted molar refractivity (Wildman–Crippen MR) is 89.9 cm³/mol. The first kappa shape index (κ1) is 17.7. The molecule has 1 unspecified atom stereocenters. The van der Waals surface area contributed by atoms with E-state index in [1.54, 1.807) is 6.92 Å². The number of amides is 2. The average Bonchev–Trinajstić information content (AvgIpc) is 2.55. The number of anilines is 1. The minimum atomic E-state index is -1.09. The number of nitrogens with zero attached hydrogens (tertiary/aromatic N) is 2. The monoisotopic (exact) mass is 331 g/mol. The molecule has 0 saturated heterocycles. The van der Waals surface area contributed by atoms with Gasteiger partial charge in [-0.25, -0.2) is 9.80 Å². The summed E-state index contributed by atoms with van der Waals surface area (Å²) in [5.74, 6) is -1.83. The van der Waals surface area contributed by atoms with Crippen LogP contribution in [0, 0.1) is 13.8 Å². The molecule has 1 atom stereocenters. The van der Waals surface area contributed by atoms with Crippen LogP contribution < -0.4 is 10.3 Å². The van der Waals surface area contributed by atoms with Crippen LogP contribution in [0.3, 0.4) is 0 Å². The molecule has 1 aromatic rings. The van der Waals surface area contributed by atoms with E-state index in [1.165, 1.54) is 5.01 Å². The normalized spacial score (nSPS) is 15.7. The second kappa shape index (κ2) is 7.25. The standard InChI is InChI=1S/C17H21N3O4/c1-4-12(17(23)24)18-16(22)13-7-8-15(21)20(19-13)14-9-10(2)5-6-11(14)3/h5-6,9,12H,4,7-8H2,1-3H3,(H,18,22)(H,23,24). The fraction of sp³-hybridized carbons (Fsp3) is 0.412. The van der Waals surface area contributed by atoms with Gasteiger partial charge in [0.25, 0.3) is 5.91 Å². The molecule has 2 amide bonds. The topological polar surface area (TPSA) is 99.1 Å². The third kappa shape index (κ3) is 3.79. The van der Waals surface area contributed by atoms with Gasteiger partial charge in [0.05, 0.1) is 5.69 Å². The summed E-state index contributed by atoms with van der Waals surface area (Å²) in [6.07, 6.45) is 0.625. The minimum Gasteiger partial charge on any atom is -0.480 e. The van der Waals surface area contributed by atoms with Crippen LogP contribution in [-0.4, -0.2) is 34.6 Å². The van der Waals surface area contributed by atoms with E-state index in [4.69, 9.17) is 5.11 Å². The molecule has 0 fully saturated rings. The van der Waals surface area contributed by atoms with Gasteiger partial charge >= 0.3 is 5.97 Å². The molecular weight excluding hydrogens is 310 g/mol. The SMILES string of the molecule is CCC(NC(=O)C1=NN(c2cc(C)ccc2C)C(=O)CC1)C(=O)O. The molecule has 0 radical (unpaired) electrons. The Bertz CT molecular complexity index is 712. The highest BCUT2D eigenvalue weighted by molar-refractivity contribution is 6.40. The quantitative estimate of drug-likeness (QED) is 0.859. The number of rotatable bonds is 5. The number of carbonyl (C=O) groups is 3. The van der Waals surface area contributed by atoms with E-state index in [2.05, 4.69) is 10.4 Å². The summed E-state index contributed by atoms with van der Waals surface area (Å²) < 4.78 is 0. The van der Waals surface area contributed by atoms with Crippen molar-refractivity contribution in [1.82, 2.24) is 5.32 Å². The highest BCUT2D eigenvalue weighted by Crippen LogP contribution is 2.25. The van der Waals surface area contributed by atoms with Crippen molar-refractivity contribution < 1.29 is 19.5 Å². The Morgan fingerprint density at radius 2 is 2.04 bits per heavy atom. The maximum atomic E-state index is 12.3. The van der Waals surface area contributed by atoms with Crippen molar-refractivity contribution in [2.24, 2.45) is 5.10 Å². The lowest BCUT2D eigenvalue weighted by atomic mass is 10.1. The Morgan fingerprint density at radius 1 is 1.33 bits per heavy atom. The molecule has 1 aliphatic rings. The number of aryl methyl sites for hydroxylation is 2. The van der Waals surface area contributed by atoms with Crippen molar-refractivity contribution in [3.8, 4) is 0 Å². The van der Waals surface area contributed by atoms with Gasteiger partial charge in [-0.3, -0.25) is 9.59 Å². The highest BCUT2D eigenvalue weighted by Gasteiger charge is 2.28. The molecule has 1 aliphatic heterocycles. The predicted octanol–water partition coefficient (Wildman–Crippen LogP) is 1.77. The van der Waals surface area contributed by atoms with Crippen molar-refractivity contribution in [2.45, 2.75) is 46.1 Å². The zero-order valence-corrected chi connectivity index (χ0v) is 14.0. The van der Waals surface area contributed by atoms with Crippen LogP contribution in [0.5, 0.6) is 0 Å². The Kier molecular flexibility index (Phi) is 5.33. The first-order valence-corrected chi connectivity index (χ1v) is 7.84. The number of nitrogens with one attached hydrogen (secondary N) is 1. The summed E-state index contributed by atoms with van der Waals surface area (Å²) in [5, 5.41) is 16.9. The van der Waals surface area contributed by atoms with Crippen LogP contribution in [0.1, 0.15) is 37.3 Å². The molecule has 0 spiro atoms. The zero-order chi connectivity index (χ0) is 17.9. The number of hydrazone groups is 1. The first-order valence-electron chi connectivity index (χ1n) is 7.84. The number of hydrogen-bond donors (Lipinski definition) is 2. The molecule has 1 heterocycles. The molecular formula is C17H21N3O4. The fourth-order valence-electron chi connectivity index (χ4n) is 2.43. The van der Waals surface area contributed by atoms with E-state index in [0.29, 0.717) is 5.69 Å². The Hall–Kier alpha value is -2.70. The largest absolute Gasteiger partial charge is 0.480 e. The Balaban J connectivity index is 2.29. The number of carboxylic acids is 1. The lowest BCUT2D eigenvalue weighted by molar-refractivity contribution is -0.141. The van der Waals surface area contributed by atoms with Gasteiger partial charge in [0.1, 0.15) is 11.8 Å². The van der Waals surface area contributed by atoms with Crippen molar-refractivity contribution in [3.05, 3.63) is 29.3 Å². The molecule has 0 saturated carbocycles. The van der Waals surface area contributed by atoms with Crippen LogP contribution >= 0.6 is 0 Å². The van der Waals surface area contributed by atoms with Gasteiger partial charge in [0, 0.05) is 12.8 Å². The molecule has 1 aromatic carbocycles. The van der Waals surface area contributed by atoms with Crippen LogP contribution in [0.2, 0.25) is 0 Å². The molecule has 0 aliphatic carbocycles. The van der Waals surface area contributed by atoms with Gasteiger partial charge in [-0.15, -0.1) is 0 Å². The van der Waals surface area contributed by atoms with Gasteiger partial charge in [0.15, 0.2) is 0 Å². The van der Waals surface area contributed by atoms with Crippen LogP contribution in [0.25, 0.3) is 0 Å². The molecule has 128 valence electrons. The third-order valence-electron chi connectivity index (χ3n) is 3.90. The maximum absolute atomic E-state index is 12.3. The number of hydrogen-bond acceptors (Lipinski definition) is 4. The van der Waals surface area contributed by atoms with Gasteiger partial charge in [-0.2, -0.15) is 5.10 Å². The van der Waals surface area contributed by atoms with Crippen molar-refractivity contribution in [1.29, 1.82) is 0 Å². The molecule has 7 nitrogen and oxygen atoms in total.